The molecule has 1 aliphatic heterocycles. The largest absolute Gasteiger partial charge is 0.389 e. The minimum absolute atomic E-state index is 0.289. The number of benzene rings is 1. The summed E-state index contributed by atoms with van der Waals surface area (Å²) >= 11 is 4.96. The monoisotopic (exact) mass is 326 g/mol. The normalized spacial score (nSPS) is 24.0. The molecule has 0 radical (unpaired) electrons. The molecule has 2 unspecified atom stereocenters. The van der Waals surface area contributed by atoms with Gasteiger partial charge in [0.2, 0.25) is 10.0 Å². The molecule has 1 aliphatic rings. The molecule has 1 saturated heterocycles. The smallest absolute Gasteiger partial charge is 0.243 e. The SMILES string of the molecule is Cc1cc(S(=O)(=O)N2CC(C)CC(C)C2)ccc1C(N)=S. The van der Waals surface area contributed by atoms with Crippen molar-refractivity contribution in [3.05, 3.63) is 29.3 Å². The summed E-state index contributed by atoms with van der Waals surface area (Å²) in [6.45, 7) is 7.19. The lowest BCUT2D eigenvalue weighted by atomic mass is 9.94. The van der Waals surface area contributed by atoms with E-state index in [2.05, 4.69) is 13.8 Å². The van der Waals surface area contributed by atoms with Crippen LogP contribution in [0.4, 0.5) is 0 Å². The maximum atomic E-state index is 12.8. The van der Waals surface area contributed by atoms with E-state index >= 15 is 0 Å². The van der Waals surface area contributed by atoms with Gasteiger partial charge >= 0.3 is 0 Å². The summed E-state index contributed by atoms with van der Waals surface area (Å²) in [7, 11) is -3.44. The number of rotatable bonds is 3. The molecule has 0 aliphatic carbocycles. The Labute approximate surface area is 132 Å². The summed E-state index contributed by atoms with van der Waals surface area (Å²) in [4.78, 5) is 0.609. The van der Waals surface area contributed by atoms with Gasteiger partial charge in [0.15, 0.2) is 0 Å². The first kappa shape index (κ1) is 16.4. The van der Waals surface area contributed by atoms with Crippen molar-refractivity contribution in [1.82, 2.24) is 4.31 Å². The fourth-order valence-corrected chi connectivity index (χ4v) is 5.02. The Morgan fingerprint density at radius 2 is 1.86 bits per heavy atom. The van der Waals surface area contributed by atoms with Crippen LogP contribution < -0.4 is 5.73 Å². The van der Waals surface area contributed by atoms with E-state index in [1.807, 2.05) is 6.92 Å². The number of sulfonamides is 1. The lowest BCUT2D eigenvalue weighted by molar-refractivity contribution is 0.222. The van der Waals surface area contributed by atoms with E-state index in [4.69, 9.17) is 18.0 Å². The van der Waals surface area contributed by atoms with Crippen molar-refractivity contribution in [2.75, 3.05) is 13.1 Å². The topological polar surface area (TPSA) is 63.4 Å². The zero-order chi connectivity index (χ0) is 15.8. The van der Waals surface area contributed by atoms with Crippen LogP contribution in [0.2, 0.25) is 0 Å². The van der Waals surface area contributed by atoms with Gasteiger partial charge in [-0.15, -0.1) is 0 Å². The van der Waals surface area contributed by atoms with Gasteiger partial charge in [-0.2, -0.15) is 4.31 Å². The summed E-state index contributed by atoms with van der Waals surface area (Å²) in [5, 5.41) is 0. The van der Waals surface area contributed by atoms with Crippen molar-refractivity contribution in [2.24, 2.45) is 17.6 Å². The number of hydrogen-bond acceptors (Lipinski definition) is 3. The minimum atomic E-state index is -3.44. The van der Waals surface area contributed by atoms with E-state index in [9.17, 15) is 8.42 Å². The third kappa shape index (κ3) is 3.44. The number of nitrogens with zero attached hydrogens (tertiary/aromatic N) is 1. The Balaban J connectivity index is 2.35. The van der Waals surface area contributed by atoms with Crippen molar-refractivity contribution in [3.63, 3.8) is 0 Å². The van der Waals surface area contributed by atoms with Crippen LogP contribution in [0.3, 0.4) is 0 Å². The van der Waals surface area contributed by atoms with Crippen LogP contribution >= 0.6 is 12.2 Å². The second-order valence-corrected chi connectivity index (χ2v) is 8.49. The van der Waals surface area contributed by atoms with Gasteiger partial charge in [0, 0.05) is 18.7 Å². The molecular weight excluding hydrogens is 304 g/mol. The Morgan fingerprint density at radius 3 is 2.33 bits per heavy atom. The first-order valence-electron chi connectivity index (χ1n) is 7.12. The molecular formula is C15H22N2O2S2. The van der Waals surface area contributed by atoms with Crippen LogP contribution in [0.5, 0.6) is 0 Å². The third-order valence-corrected chi connectivity index (χ3v) is 5.98. The van der Waals surface area contributed by atoms with E-state index in [0.29, 0.717) is 29.8 Å². The Bertz CT molecular complexity index is 646. The van der Waals surface area contributed by atoms with Crippen LogP contribution in [0, 0.1) is 18.8 Å². The minimum Gasteiger partial charge on any atom is -0.389 e. The molecule has 2 N–H and O–H groups in total. The van der Waals surface area contributed by atoms with E-state index in [-0.39, 0.29) is 4.99 Å². The number of piperidine rings is 1. The van der Waals surface area contributed by atoms with Crippen LogP contribution in [-0.4, -0.2) is 30.8 Å². The van der Waals surface area contributed by atoms with Crippen molar-refractivity contribution < 1.29 is 8.42 Å². The van der Waals surface area contributed by atoms with Gasteiger partial charge in [-0.1, -0.05) is 32.1 Å². The molecule has 0 amide bonds. The van der Waals surface area contributed by atoms with Crippen molar-refractivity contribution in [3.8, 4) is 0 Å². The summed E-state index contributed by atoms with van der Waals surface area (Å²) in [5.74, 6) is 0.779. The molecule has 1 aromatic rings. The lowest BCUT2D eigenvalue weighted by Gasteiger charge is -2.34. The van der Waals surface area contributed by atoms with Crippen LogP contribution in [0.1, 0.15) is 31.4 Å². The molecule has 4 nitrogen and oxygen atoms in total. The maximum absolute atomic E-state index is 12.8. The standard InChI is InChI=1S/C15H22N2O2S2/c1-10-6-11(2)9-17(8-10)21(18,19)13-4-5-14(15(16)20)12(3)7-13/h4-5,7,10-11H,6,8-9H2,1-3H3,(H2,16,20). The van der Waals surface area contributed by atoms with Crippen molar-refractivity contribution in [2.45, 2.75) is 32.1 Å². The predicted octanol–water partition coefficient (Wildman–Crippen LogP) is 2.30. The van der Waals surface area contributed by atoms with Gasteiger partial charge in [-0.25, -0.2) is 8.42 Å². The molecule has 1 heterocycles. The van der Waals surface area contributed by atoms with E-state index in [0.717, 1.165) is 17.5 Å². The lowest BCUT2D eigenvalue weighted by Crippen LogP contribution is -2.42. The van der Waals surface area contributed by atoms with E-state index in [1.54, 1.807) is 22.5 Å². The Morgan fingerprint density at radius 1 is 1.29 bits per heavy atom. The Hall–Kier alpha value is -0.980. The van der Waals surface area contributed by atoms with E-state index in [1.165, 1.54) is 0 Å². The molecule has 0 bridgehead atoms. The van der Waals surface area contributed by atoms with Gasteiger partial charge in [-0.3, -0.25) is 0 Å². The summed E-state index contributed by atoms with van der Waals surface area (Å²) in [6.07, 6.45) is 1.07. The molecule has 0 saturated carbocycles. The average Bonchev–Trinajstić information content (AvgIpc) is 2.36. The second kappa shape index (κ2) is 6.02. The summed E-state index contributed by atoms with van der Waals surface area (Å²) in [5.41, 5.74) is 7.14. The van der Waals surface area contributed by atoms with Crippen LogP contribution in [0.15, 0.2) is 23.1 Å². The predicted molar refractivity (Wildman–Crippen MR) is 88.8 cm³/mol. The highest BCUT2D eigenvalue weighted by atomic mass is 32.2. The molecule has 116 valence electrons. The molecule has 0 spiro atoms. The summed E-state index contributed by atoms with van der Waals surface area (Å²) < 4.78 is 27.1. The zero-order valence-electron chi connectivity index (χ0n) is 12.7. The van der Waals surface area contributed by atoms with Gasteiger partial charge in [-0.05, 0) is 42.9 Å². The first-order valence-corrected chi connectivity index (χ1v) is 8.97. The van der Waals surface area contributed by atoms with Crippen molar-refractivity contribution >= 4 is 27.2 Å². The molecule has 1 aromatic carbocycles. The fourth-order valence-electron chi connectivity index (χ4n) is 3.02. The third-order valence-electron chi connectivity index (χ3n) is 3.94. The maximum Gasteiger partial charge on any atom is 0.243 e. The van der Waals surface area contributed by atoms with Crippen molar-refractivity contribution in [1.29, 1.82) is 0 Å². The van der Waals surface area contributed by atoms with Crippen LogP contribution in [0.25, 0.3) is 0 Å². The molecule has 2 atom stereocenters. The number of aryl methyl sites for hydroxylation is 1. The van der Waals surface area contributed by atoms with E-state index < -0.39 is 10.0 Å². The number of nitrogens with two attached hydrogens (primary N) is 1. The average molecular weight is 326 g/mol. The summed E-state index contributed by atoms with van der Waals surface area (Å²) in [6, 6.07) is 4.95. The molecule has 6 heteroatoms. The zero-order valence-corrected chi connectivity index (χ0v) is 14.3. The van der Waals surface area contributed by atoms with Crippen LogP contribution in [-0.2, 0) is 10.0 Å². The highest BCUT2D eigenvalue weighted by molar-refractivity contribution is 7.89. The molecule has 21 heavy (non-hydrogen) atoms. The first-order chi connectivity index (χ1) is 9.71. The quantitative estimate of drug-likeness (QED) is 0.866. The molecule has 2 rings (SSSR count). The molecule has 1 fully saturated rings. The highest BCUT2D eigenvalue weighted by Gasteiger charge is 2.31. The molecule has 0 aromatic heterocycles. The number of hydrogen-bond donors (Lipinski definition) is 1. The highest BCUT2D eigenvalue weighted by Crippen LogP contribution is 2.27. The Kier molecular flexibility index (Phi) is 4.70. The van der Waals surface area contributed by atoms with Gasteiger partial charge in [0.1, 0.15) is 4.99 Å². The van der Waals surface area contributed by atoms with Gasteiger partial charge in [0.25, 0.3) is 0 Å². The second-order valence-electron chi connectivity index (χ2n) is 6.11. The number of thiocarbonyl (C=S) groups is 1. The fraction of sp³-hybridized carbons (Fsp3) is 0.533. The van der Waals surface area contributed by atoms with Gasteiger partial charge < -0.3 is 5.73 Å². The van der Waals surface area contributed by atoms with Gasteiger partial charge in [0.05, 0.1) is 4.90 Å².